The summed E-state index contributed by atoms with van der Waals surface area (Å²) in [5.41, 5.74) is 6.37. The van der Waals surface area contributed by atoms with Crippen molar-refractivity contribution >= 4 is 5.57 Å². The van der Waals surface area contributed by atoms with Crippen LogP contribution in [0.2, 0.25) is 0 Å². The fourth-order valence-electron chi connectivity index (χ4n) is 1.79. The van der Waals surface area contributed by atoms with Crippen molar-refractivity contribution in [1.29, 1.82) is 0 Å². The zero-order valence-electron chi connectivity index (χ0n) is 14.2. The lowest BCUT2D eigenvalue weighted by molar-refractivity contribution is 0.795. The van der Waals surface area contributed by atoms with Gasteiger partial charge in [-0.2, -0.15) is 0 Å². The van der Waals surface area contributed by atoms with Gasteiger partial charge in [0.2, 0.25) is 0 Å². The minimum Gasteiger partial charge on any atom is -0.0955 e. The number of hydrogen-bond donors (Lipinski definition) is 0. The SMILES string of the molecule is C=C(/C=C(\C(C)=C/C)c1ccccc1C)C(C)C.CC. The molecule has 0 aliphatic rings. The molecule has 0 aromatic heterocycles. The van der Waals surface area contributed by atoms with Gasteiger partial charge in [0.15, 0.2) is 0 Å². The zero-order chi connectivity index (χ0) is 15.7. The predicted molar refractivity (Wildman–Crippen MR) is 93.9 cm³/mol. The van der Waals surface area contributed by atoms with E-state index in [-0.39, 0.29) is 0 Å². The number of benzene rings is 1. The van der Waals surface area contributed by atoms with Gasteiger partial charge in [-0.3, -0.25) is 0 Å². The van der Waals surface area contributed by atoms with E-state index in [4.69, 9.17) is 0 Å². The molecule has 1 aromatic rings. The van der Waals surface area contributed by atoms with Crippen LogP contribution in [0.5, 0.6) is 0 Å². The van der Waals surface area contributed by atoms with Gasteiger partial charge in [-0.05, 0) is 49.0 Å². The van der Waals surface area contributed by atoms with Crippen molar-refractivity contribution in [2.45, 2.75) is 48.5 Å². The molecule has 0 unspecified atom stereocenters. The van der Waals surface area contributed by atoms with E-state index in [0.29, 0.717) is 5.92 Å². The summed E-state index contributed by atoms with van der Waals surface area (Å²) in [6.07, 6.45) is 4.38. The van der Waals surface area contributed by atoms with Gasteiger partial charge in [-0.25, -0.2) is 0 Å². The highest BCUT2D eigenvalue weighted by atomic mass is 14.1. The maximum Gasteiger partial charge on any atom is -0.0152 e. The Morgan fingerprint density at radius 2 is 1.70 bits per heavy atom. The topological polar surface area (TPSA) is 0 Å². The summed E-state index contributed by atoms with van der Waals surface area (Å²) in [5.74, 6) is 0.480. The van der Waals surface area contributed by atoms with Crippen molar-refractivity contribution in [2.24, 2.45) is 5.92 Å². The predicted octanol–water partition coefficient (Wildman–Crippen LogP) is 6.58. The molecule has 0 fully saturated rings. The molecule has 0 saturated heterocycles. The molecule has 0 nitrogen and oxygen atoms in total. The Morgan fingerprint density at radius 1 is 1.15 bits per heavy atom. The van der Waals surface area contributed by atoms with E-state index < -0.39 is 0 Å². The van der Waals surface area contributed by atoms with Crippen LogP contribution in [-0.2, 0) is 0 Å². The Balaban J connectivity index is 0.00000172. The molecule has 0 heteroatoms. The van der Waals surface area contributed by atoms with Gasteiger partial charge in [0.1, 0.15) is 0 Å². The minimum atomic E-state index is 0.480. The molecule has 0 spiro atoms. The Hall–Kier alpha value is -1.56. The van der Waals surface area contributed by atoms with Crippen molar-refractivity contribution in [1.82, 2.24) is 0 Å². The van der Waals surface area contributed by atoms with Gasteiger partial charge in [0.25, 0.3) is 0 Å². The summed E-state index contributed by atoms with van der Waals surface area (Å²) >= 11 is 0. The van der Waals surface area contributed by atoms with E-state index in [2.05, 4.69) is 77.6 Å². The molecule has 0 amide bonds. The maximum absolute atomic E-state index is 4.16. The fraction of sp³-hybridized carbons (Fsp3) is 0.400. The van der Waals surface area contributed by atoms with Crippen LogP contribution in [0.15, 0.2) is 54.1 Å². The molecule has 20 heavy (non-hydrogen) atoms. The first kappa shape index (κ1) is 18.4. The Bertz CT molecular complexity index is 485. The molecule has 0 aliphatic carbocycles. The second-order valence-corrected chi connectivity index (χ2v) is 5.07. The van der Waals surface area contributed by atoms with Crippen LogP contribution < -0.4 is 0 Å². The van der Waals surface area contributed by atoms with Gasteiger partial charge in [0.05, 0.1) is 0 Å². The number of hydrogen-bond acceptors (Lipinski definition) is 0. The van der Waals surface area contributed by atoms with Crippen LogP contribution >= 0.6 is 0 Å². The fourth-order valence-corrected chi connectivity index (χ4v) is 1.79. The van der Waals surface area contributed by atoms with Gasteiger partial charge in [-0.15, -0.1) is 0 Å². The lowest BCUT2D eigenvalue weighted by Crippen LogP contribution is -1.95. The standard InChI is InChI=1S/C18H24.C2H6/c1-7-14(4)18(12-16(6)13(2)3)17-11-9-8-10-15(17)5;1-2/h7-13H,6H2,1-5H3;1-2H3/b14-7-,18-12+;. The lowest BCUT2D eigenvalue weighted by Gasteiger charge is -2.14. The highest BCUT2D eigenvalue weighted by Crippen LogP contribution is 2.28. The van der Waals surface area contributed by atoms with E-state index in [9.17, 15) is 0 Å². The summed E-state index contributed by atoms with van der Waals surface area (Å²) in [4.78, 5) is 0. The second kappa shape index (κ2) is 9.36. The third-order valence-corrected chi connectivity index (χ3v) is 3.36. The van der Waals surface area contributed by atoms with Crippen LogP contribution in [0, 0.1) is 12.8 Å². The number of aryl methyl sites for hydroxylation is 1. The number of rotatable bonds is 4. The van der Waals surface area contributed by atoms with Crippen molar-refractivity contribution in [3.05, 3.63) is 65.3 Å². The molecular weight excluding hydrogens is 240 g/mol. The van der Waals surface area contributed by atoms with Gasteiger partial charge in [0, 0.05) is 0 Å². The molecule has 0 heterocycles. The summed E-state index contributed by atoms with van der Waals surface area (Å²) < 4.78 is 0. The number of allylic oxidation sites excluding steroid dienone is 5. The maximum atomic E-state index is 4.16. The molecular formula is C20H30. The van der Waals surface area contributed by atoms with Crippen molar-refractivity contribution in [2.75, 3.05) is 0 Å². The summed E-state index contributed by atoms with van der Waals surface area (Å²) in [7, 11) is 0. The van der Waals surface area contributed by atoms with Crippen LogP contribution in [0.3, 0.4) is 0 Å². The summed E-state index contributed by atoms with van der Waals surface area (Å²) in [6, 6.07) is 8.52. The quantitative estimate of drug-likeness (QED) is 0.542. The van der Waals surface area contributed by atoms with E-state index in [1.54, 1.807) is 0 Å². The summed E-state index contributed by atoms with van der Waals surface area (Å²) in [5, 5.41) is 0. The first-order valence-electron chi connectivity index (χ1n) is 7.57. The Kier molecular flexibility index (Phi) is 8.63. The monoisotopic (exact) mass is 270 g/mol. The first-order chi connectivity index (χ1) is 9.47. The smallest absolute Gasteiger partial charge is 0.0152 e. The third-order valence-electron chi connectivity index (χ3n) is 3.36. The zero-order valence-corrected chi connectivity index (χ0v) is 14.2. The molecule has 0 N–H and O–H groups in total. The van der Waals surface area contributed by atoms with Gasteiger partial charge in [-0.1, -0.05) is 76.3 Å². The molecule has 0 radical (unpaired) electrons. The highest BCUT2D eigenvalue weighted by Gasteiger charge is 2.08. The molecule has 0 atom stereocenters. The van der Waals surface area contributed by atoms with Gasteiger partial charge < -0.3 is 0 Å². The second-order valence-electron chi connectivity index (χ2n) is 5.07. The molecule has 0 bridgehead atoms. The summed E-state index contributed by atoms with van der Waals surface area (Å²) in [6.45, 7) is 18.9. The third kappa shape index (κ3) is 5.21. The molecule has 0 saturated carbocycles. The van der Waals surface area contributed by atoms with Gasteiger partial charge >= 0.3 is 0 Å². The lowest BCUT2D eigenvalue weighted by atomic mass is 9.91. The van der Waals surface area contributed by atoms with Crippen LogP contribution in [-0.4, -0.2) is 0 Å². The highest BCUT2D eigenvalue weighted by molar-refractivity contribution is 5.81. The average Bonchev–Trinajstić information content (AvgIpc) is 2.46. The van der Waals surface area contributed by atoms with Crippen molar-refractivity contribution in [3.63, 3.8) is 0 Å². The largest absolute Gasteiger partial charge is 0.0955 e. The van der Waals surface area contributed by atoms with E-state index in [1.807, 2.05) is 13.8 Å². The van der Waals surface area contributed by atoms with Crippen molar-refractivity contribution < 1.29 is 0 Å². The van der Waals surface area contributed by atoms with Crippen LogP contribution in [0.25, 0.3) is 5.57 Å². The Labute approximate surface area is 125 Å². The van der Waals surface area contributed by atoms with Crippen LogP contribution in [0.4, 0.5) is 0 Å². The van der Waals surface area contributed by atoms with E-state index >= 15 is 0 Å². The van der Waals surface area contributed by atoms with Crippen LogP contribution in [0.1, 0.15) is 52.7 Å². The molecule has 1 rings (SSSR count). The normalized spacial score (nSPS) is 12.0. The molecule has 110 valence electrons. The Morgan fingerprint density at radius 3 is 2.15 bits per heavy atom. The minimum absolute atomic E-state index is 0.480. The van der Waals surface area contributed by atoms with E-state index in [1.165, 1.54) is 27.8 Å². The molecule has 1 aromatic carbocycles. The van der Waals surface area contributed by atoms with E-state index in [0.717, 1.165) is 0 Å². The first-order valence-corrected chi connectivity index (χ1v) is 7.57. The average molecular weight is 270 g/mol. The van der Waals surface area contributed by atoms with Crippen molar-refractivity contribution in [3.8, 4) is 0 Å². The molecule has 0 aliphatic heterocycles.